The predicted octanol–water partition coefficient (Wildman–Crippen LogP) is 0.725. The van der Waals surface area contributed by atoms with Gasteiger partial charge in [0.2, 0.25) is 0 Å². The summed E-state index contributed by atoms with van der Waals surface area (Å²) in [6.45, 7) is 7.40. The van der Waals surface area contributed by atoms with Gasteiger partial charge in [0.1, 0.15) is 6.04 Å². The Morgan fingerprint density at radius 3 is 2.19 bits per heavy atom. The normalized spacial score (nSPS) is 16.1. The fourth-order valence-corrected chi connectivity index (χ4v) is 1.26. The summed E-state index contributed by atoms with van der Waals surface area (Å²) in [4.78, 5) is 22.6. The van der Waals surface area contributed by atoms with Gasteiger partial charge in [0.05, 0.1) is 19.6 Å². The molecular weight excluding hydrogens is 210 g/mol. The maximum absolute atomic E-state index is 11.3. The van der Waals surface area contributed by atoms with E-state index in [9.17, 15) is 9.59 Å². The molecule has 0 amide bonds. The standard InChI is InChI=1S/C11H21NO4/c1-6-16-11(14)9(4)12-8(3)7(2)10(13)15-5/h7-9,12H,6H2,1-5H3. The zero-order valence-corrected chi connectivity index (χ0v) is 10.6. The summed E-state index contributed by atoms with van der Waals surface area (Å²) < 4.78 is 9.48. The lowest BCUT2D eigenvalue weighted by Gasteiger charge is -2.22. The quantitative estimate of drug-likeness (QED) is 0.682. The van der Waals surface area contributed by atoms with Crippen molar-refractivity contribution in [2.45, 2.75) is 39.8 Å². The number of esters is 2. The summed E-state index contributed by atoms with van der Waals surface area (Å²) in [5.41, 5.74) is 0. The van der Waals surface area contributed by atoms with Gasteiger partial charge in [-0.05, 0) is 20.8 Å². The molecule has 0 rings (SSSR count). The largest absolute Gasteiger partial charge is 0.469 e. The molecule has 0 bridgehead atoms. The zero-order valence-electron chi connectivity index (χ0n) is 10.6. The second kappa shape index (κ2) is 7.22. The highest BCUT2D eigenvalue weighted by atomic mass is 16.5. The van der Waals surface area contributed by atoms with Crippen LogP contribution in [0.2, 0.25) is 0 Å². The first-order chi connectivity index (χ1) is 7.43. The molecule has 94 valence electrons. The van der Waals surface area contributed by atoms with Gasteiger partial charge in [-0.25, -0.2) is 0 Å². The summed E-state index contributed by atoms with van der Waals surface area (Å²) in [6, 6.07) is -0.575. The van der Waals surface area contributed by atoms with E-state index in [0.717, 1.165) is 0 Å². The van der Waals surface area contributed by atoms with E-state index >= 15 is 0 Å². The molecule has 5 heteroatoms. The molecule has 0 saturated carbocycles. The monoisotopic (exact) mass is 231 g/mol. The van der Waals surface area contributed by atoms with Crippen molar-refractivity contribution in [1.29, 1.82) is 0 Å². The molecule has 0 aromatic rings. The van der Waals surface area contributed by atoms with Crippen LogP contribution >= 0.6 is 0 Å². The van der Waals surface area contributed by atoms with Crippen molar-refractivity contribution in [2.75, 3.05) is 13.7 Å². The van der Waals surface area contributed by atoms with Crippen molar-refractivity contribution < 1.29 is 19.1 Å². The minimum atomic E-state index is -0.429. The third-order valence-corrected chi connectivity index (χ3v) is 2.48. The minimum Gasteiger partial charge on any atom is -0.469 e. The Bertz CT molecular complexity index is 242. The van der Waals surface area contributed by atoms with Crippen molar-refractivity contribution in [3.63, 3.8) is 0 Å². The van der Waals surface area contributed by atoms with Crippen LogP contribution in [0.25, 0.3) is 0 Å². The number of carbonyl (C=O) groups excluding carboxylic acids is 2. The van der Waals surface area contributed by atoms with Gasteiger partial charge >= 0.3 is 11.9 Å². The fraction of sp³-hybridized carbons (Fsp3) is 0.818. The molecule has 0 aromatic carbocycles. The summed E-state index contributed by atoms with van der Waals surface area (Å²) in [5, 5.41) is 3.00. The minimum absolute atomic E-state index is 0.146. The molecule has 3 unspecified atom stereocenters. The predicted molar refractivity (Wildman–Crippen MR) is 59.9 cm³/mol. The van der Waals surface area contributed by atoms with Crippen molar-refractivity contribution in [2.24, 2.45) is 5.92 Å². The maximum Gasteiger partial charge on any atom is 0.322 e. The molecule has 1 N–H and O–H groups in total. The van der Waals surface area contributed by atoms with Crippen LogP contribution in [-0.4, -0.2) is 37.7 Å². The zero-order chi connectivity index (χ0) is 12.7. The number of carbonyl (C=O) groups is 2. The van der Waals surface area contributed by atoms with Gasteiger partial charge in [0, 0.05) is 6.04 Å². The van der Waals surface area contributed by atoms with Crippen molar-refractivity contribution in [3.05, 3.63) is 0 Å². The van der Waals surface area contributed by atoms with Crippen LogP contribution in [0.3, 0.4) is 0 Å². The number of rotatable bonds is 6. The molecule has 16 heavy (non-hydrogen) atoms. The van der Waals surface area contributed by atoms with Gasteiger partial charge in [0.15, 0.2) is 0 Å². The highest BCUT2D eigenvalue weighted by molar-refractivity contribution is 5.76. The van der Waals surface area contributed by atoms with Gasteiger partial charge in [-0.1, -0.05) is 6.92 Å². The second-order valence-corrected chi connectivity index (χ2v) is 3.74. The van der Waals surface area contributed by atoms with E-state index in [1.165, 1.54) is 7.11 Å². The van der Waals surface area contributed by atoms with Crippen LogP contribution < -0.4 is 5.32 Å². The van der Waals surface area contributed by atoms with E-state index < -0.39 is 6.04 Å². The Balaban J connectivity index is 4.17. The summed E-state index contributed by atoms with van der Waals surface area (Å²) >= 11 is 0. The highest BCUT2D eigenvalue weighted by Gasteiger charge is 2.24. The maximum atomic E-state index is 11.3. The number of nitrogens with one attached hydrogen (secondary N) is 1. The number of methoxy groups -OCH3 is 1. The smallest absolute Gasteiger partial charge is 0.322 e. The third kappa shape index (κ3) is 4.61. The first kappa shape index (κ1) is 14.9. The lowest BCUT2D eigenvalue weighted by Crippen LogP contribution is -2.45. The molecule has 0 saturated heterocycles. The molecule has 0 fully saturated rings. The molecule has 0 aliphatic heterocycles. The Hall–Kier alpha value is -1.10. The van der Waals surface area contributed by atoms with Crippen LogP contribution in [0.5, 0.6) is 0 Å². The van der Waals surface area contributed by atoms with E-state index in [1.54, 1.807) is 20.8 Å². The van der Waals surface area contributed by atoms with E-state index in [-0.39, 0.29) is 23.9 Å². The molecule has 5 nitrogen and oxygen atoms in total. The van der Waals surface area contributed by atoms with Crippen LogP contribution in [-0.2, 0) is 19.1 Å². The SMILES string of the molecule is CCOC(=O)C(C)NC(C)C(C)C(=O)OC. The highest BCUT2D eigenvalue weighted by Crippen LogP contribution is 2.06. The Kier molecular flexibility index (Phi) is 6.72. The Morgan fingerprint density at radius 2 is 1.75 bits per heavy atom. The first-order valence-corrected chi connectivity index (χ1v) is 5.44. The van der Waals surface area contributed by atoms with Crippen molar-refractivity contribution >= 4 is 11.9 Å². The molecule has 3 atom stereocenters. The third-order valence-electron chi connectivity index (χ3n) is 2.48. The fourth-order valence-electron chi connectivity index (χ4n) is 1.26. The van der Waals surface area contributed by atoms with E-state index in [0.29, 0.717) is 6.61 Å². The van der Waals surface area contributed by atoms with Gasteiger partial charge in [-0.2, -0.15) is 0 Å². The average Bonchev–Trinajstić information content (AvgIpc) is 2.26. The van der Waals surface area contributed by atoms with Crippen LogP contribution in [0.1, 0.15) is 27.7 Å². The van der Waals surface area contributed by atoms with Crippen LogP contribution in [0.15, 0.2) is 0 Å². The van der Waals surface area contributed by atoms with Gasteiger partial charge in [-0.15, -0.1) is 0 Å². The summed E-state index contributed by atoms with van der Waals surface area (Å²) in [6.07, 6.45) is 0. The van der Waals surface area contributed by atoms with Crippen molar-refractivity contribution in [1.82, 2.24) is 5.32 Å². The van der Waals surface area contributed by atoms with Crippen LogP contribution in [0, 0.1) is 5.92 Å². The summed E-state index contributed by atoms with van der Waals surface area (Å²) in [5.74, 6) is -0.913. The number of hydrogen-bond acceptors (Lipinski definition) is 5. The Morgan fingerprint density at radius 1 is 1.19 bits per heavy atom. The lowest BCUT2D eigenvalue weighted by atomic mass is 10.0. The Labute approximate surface area is 96.5 Å². The molecule has 0 aliphatic carbocycles. The average molecular weight is 231 g/mol. The topological polar surface area (TPSA) is 64.6 Å². The van der Waals surface area contributed by atoms with E-state index in [4.69, 9.17) is 4.74 Å². The molecule has 0 heterocycles. The molecule has 0 radical (unpaired) electrons. The lowest BCUT2D eigenvalue weighted by molar-refractivity contribution is -0.148. The molecule has 0 aliphatic rings. The van der Waals surface area contributed by atoms with Crippen molar-refractivity contribution in [3.8, 4) is 0 Å². The van der Waals surface area contributed by atoms with Gasteiger partial charge < -0.3 is 14.8 Å². The van der Waals surface area contributed by atoms with Gasteiger partial charge in [0.25, 0.3) is 0 Å². The molecule has 0 aromatic heterocycles. The summed E-state index contributed by atoms with van der Waals surface area (Å²) in [7, 11) is 1.35. The second-order valence-electron chi connectivity index (χ2n) is 3.74. The molecule has 0 spiro atoms. The first-order valence-electron chi connectivity index (χ1n) is 5.44. The van der Waals surface area contributed by atoms with Gasteiger partial charge in [-0.3, -0.25) is 9.59 Å². The van der Waals surface area contributed by atoms with Crippen LogP contribution in [0.4, 0.5) is 0 Å². The molecular formula is C11H21NO4. The van der Waals surface area contributed by atoms with E-state index in [2.05, 4.69) is 10.1 Å². The number of ether oxygens (including phenoxy) is 2. The van der Waals surface area contributed by atoms with E-state index in [1.807, 2.05) is 6.92 Å². The number of hydrogen-bond donors (Lipinski definition) is 1.